The molecule has 0 radical (unpaired) electrons. The van der Waals surface area contributed by atoms with Gasteiger partial charge in [0.2, 0.25) is 0 Å². The van der Waals surface area contributed by atoms with Crippen LogP contribution >= 0.6 is 0 Å². The lowest BCUT2D eigenvalue weighted by atomic mass is 10.1. The van der Waals surface area contributed by atoms with Crippen LogP contribution in [0.15, 0.2) is 29.3 Å². The summed E-state index contributed by atoms with van der Waals surface area (Å²) in [4.78, 5) is 4.27. The maximum Gasteiger partial charge on any atom is 0.191 e. The SMILES string of the molecule is CC1CN=C(NCCc2ccccc2F)N1. The molecule has 1 aliphatic rings. The van der Waals surface area contributed by atoms with Crippen molar-refractivity contribution < 1.29 is 4.39 Å². The quantitative estimate of drug-likeness (QED) is 0.807. The summed E-state index contributed by atoms with van der Waals surface area (Å²) in [6.07, 6.45) is 0.668. The molecule has 1 atom stereocenters. The zero-order valence-electron chi connectivity index (χ0n) is 9.33. The zero-order chi connectivity index (χ0) is 11.4. The highest BCUT2D eigenvalue weighted by Crippen LogP contribution is 2.06. The third kappa shape index (κ3) is 2.72. The van der Waals surface area contributed by atoms with Gasteiger partial charge in [-0.25, -0.2) is 4.39 Å². The van der Waals surface area contributed by atoms with Crippen molar-refractivity contribution in [3.05, 3.63) is 35.6 Å². The van der Waals surface area contributed by atoms with Crippen LogP contribution in [0.25, 0.3) is 0 Å². The van der Waals surface area contributed by atoms with Crippen molar-refractivity contribution in [3.63, 3.8) is 0 Å². The van der Waals surface area contributed by atoms with E-state index in [1.165, 1.54) is 6.07 Å². The lowest BCUT2D eigenvalue weighted by Gasteiger charge is -2.08. The third-order valence-corrected chi connectivity index (χ3v) is 2.55. The van der Waals surface area contributed by atoms with Crippen molar-refractivity contribution in [2.75, 3.05) is 13.1 Å². The number of aliphatic imine (C=N–C) groups is 1. The summed E-state index contributed by atoms with van der Waals surface area (Å²) in [5.41, 5.74) is 0.738. The molecule has 0 saturated heterocycles. The normalized spacial score (nSPS) is 19.1. The van der Waals surface area contributed by atoms with E-state index in [1.54, 1.807) is 6.07 Å². The lowest BCUT2D eigenvalue weighted by molar-refractivity contribution is 0.607. The second-order valence-electron chi connectivity index (χ2n) is 4.00. The molecule has 1 aromatic carbocycles. The van der Waals surface area contributed by atoms with E-state index in [0.717, 1.165) is 18.1 Å². The second kappa shape index (κ2) is 4.96. The smallest absolute Gasteiger partial charge is 0.191 e. The van der Waals surface area contributed by atoms with Gasteiger partial charge >= 0.3 is 0 Å². The minimum Gasteiger partial charge on any atom is -0.356 e. The van der Waals surface area contributed by atoms with Crippen molar-refractivity contribution in [2.45, 2.75) is 19.4 Å². The molecule has 0 spiro atoms. The number of guanidine groups is 1. The predicted octanol–water partition coefficient (Wildman–Crippen LogP) is 1.31. The highest BCUT2D eigenvalue weighted by Gasteiger charge is 2.11. The Hall–Kier alpha value is -1.58. The molecule has 0 fully saturated rings. The molecule has 0 aromatic heterocycles. The van der Waals surface area contributed by atoms with E-state index in [9.17, 15) is 4.39 Å². The highest BCUT2D eigenvalue weighted by molar-refractivity contribution is 5.81. The Morgan fingerprint density at radius 2 is 2.31 bits per heavy atom. The van der Waals surface area contributed by atoms with Crippen LogP contribution in [0.1, 0.15) is 12.5 Å². The summed E-state index contributed by atoms with van der Waals surface area (Å²) < 4.78 is 13.3. The fourth-order valence-electron chi connectivity index (χ4n) is 1.68. The van der Waals surface area contributed by atoms with Gasteiger partial charge in [0.15, 0.2) is 5.96 Å². The Labute approximate surface area is 94.8 Å². The van der Waals surface area contributed by atoms with Gasteiger partial charge < -0.3 is 10.6 Å². The average molecular weight is 221 g/mol. The van der Waals surface area contributed by atoms with Crippen LogP contribution in [-0.4, -0.2) is 25.1 Å². The van der Waals surface area contributed by atoms with Crippen molar-refractivity contribution in [3.8, 4) is 0 Å². The Morgan fingerprint density at radius 1 is 1.50 bits per heavy atom. The Morgan fingerprint density at radius 3 is 3.00 bits per heavy atom. The first kappa shape index (κ1) is 10.9. The average Bonchev–Trinajstić information content (AvgIpc) is 2.67. The zero-order valence-corrected chi connectivity index (χ0v) is 9.33. The topological polar surface area (TPSA) is 36.4 Å². The van der Waals surface area contributed by atoms with E-state index < -0.39 is 0 Å². The molecule has 0 aliphatic carbocycles. The molecule has 0 saturated carbocycles. The molecular formula is C12H16FN3. The van der Waals surface area contributed by atoms with Gasteiger partial charge in [0, 0.05) is 12.6 Å². The number of nitrogens with one attached hydrogen (secondary N) is 2. The van der Waals surface area contributed by atoms with Gasteiger partial charge in [-0.2, -0.15) is 0 Å². The Bertz CT molecular complexity index is 390. The first-order valence-corrected chi connectivity index (χ1v) is 5.54. The van der Waals surface area contributed by atoms with Gasteiger partial charge in [0.25, 0.3) is 0 Å². The summed E-state index contributed by atoms with van der Waals surface area (Å²) in [6, 6.07) is 7.25. The molecule has 0 amide bonds. The Balaban J connectivity index is 1.78. The van der Waals surface area contributed by atoms with Gasteiger partial charge in [-0.1, -0.05) is 18.2 Å². The van der Waals surface area contributed by atoms with E-state index >= 15 is 0 Å². The first-order valence-electron chi connectivity index (χ1n) is 5.54. The van der Waals surface area contributed by atoms with E-state index in [1.807, 2.05) is 12.1 Å². The number of nitrogens with zero attached hydrogens (tertiary/aromatic N) is 1. The molecule has 86 valence electrons. The van der Waals surface area contributed by atoms with Crippen molar-refractivity contribution in [2.24, 2.45) is 4.99 Å². The Kier molecular flexibility index (Phi) is 3.39. The minimum absolute atomic E-state index is 0.140. The standard InChI is InChI=1S/C12H16FN3/c1-9-8-15-12(16-9)14-7-6-10-4-2-3-5-11(10)13/h2-5,9H,6-8H2,1H3,(H2,14,15,16). The van der Waals surface area contributed by atoms with Gasteiger partial charge in [0.05, 0.1) is 6.54 Å². The van der Waals surface area contributed by atoms with E-state index in [-0.39, 0.29) is 5.82 Å². The monoisotopic (exact) mass is 221 g/mol. The second-order valence-corrected chi connectivity index (χ2v) is 4.00. The number of rotatable bonds is 3. The largest absolute Gasteiger partial charge is 0.356 e. The summed E-state index contributed by atoms with van der Waals surface area (Å²) in [7, 11) is 0. The lowest BCUT2D eigenvalue weighted by Crippen LogP contribution is -2.38. The molecule has 1 aliphatic heterocycles. The number of benzene rings is 1. The van der Waals surface area contributed by atoms with Crippen LogP contribution in [0, 0.1) is 5.82 Å². The number of hydrogen-bond acceptors (Lipinski definition) is 3. The summed E-state index contributed by atoms with van der Waals surface area (Å²) in [5, 5.41) is 6.36. The van der Waals surface area contributed by atoms with Crippen LogP contribution in [0.4, 0.5) is 4.39 Å². The van der Waals surface area contributed by atoms with Crippen LogP contribution in [-0.2, 0) is 6.42 Å². The van der Waals surface area contributed by atoms with Crippen molar-refractivity contribution >= 4 is 5.96 Å². The van der Waals surface area contributed by atoms with Crippen LogP contribution in [0.5, 0.6) is 0 Å². The van der Waals surface area contributed by atoms with Gasteiger partial charge in [0.1, 0.15) is 5.82 Å². The van der Waals surface area contributed by atoms with Crippen LogP contribution < -0.4 is 10.6 Å². The fourth-order valence-corrected chi connectivity index (χ4v) is 1.68. The maximum atomic E-state index is 13.3. The fraction of sp³-hybridized carbons (Fsp3) is 0.417. The van der Waals surface area contributed by atoms with Crippen molar-refractivity contribution in [1.82, 2.24) is 10.6 Å². The molecule has 2 N–H and O–H groups in total. The molecule has 4 heteroatoms. The summed E-state index contributed by atoms with van der Waals surface area (Å²) in [6.45, 7) is 3.58. The molecular weight excluding hydrogens is 205 g/mol. The minimum atomic E-state index is -0.140. The summed E-state index contributed by atoms with van der Waals surface area (Å²) in [5.74, 6) is 0.683. The highest BCUT2D eigenvalue weighted by atomic mass is 19.1. The van der Waals surface area contributed by atoms with E-state index in [4.69, 9.17) is 0 Å². The molecule has 1 heterocycles. The third-order valence-electron chi connectivity index (χ3n) is 2.55. The van der Waals surface area contributed by atoms with Gasteiger partial charge in [-0.05, 0) is 25.0 Å². The van der Waals surface area contributed by atoms with Crippen molar-refractivity contribution in [1.29, 1.82) is 0 Å². The van der Waals surface area contributed by atoms with Gasteiger partial charge in [-0.3, -0.25) is 4.99 Å². The molecule has 1 unspecified atom stereocenters. The van der Waals surface area contributed by atoms with Crippen LogP contribution in [0.3, 0.4) is 0 Å². The van der Waals surface area contributed by atoms with E-state index in [2.05, 4.69) is 22.5 Å². The van der Waals surface area contributed by atoms with Crippen LogP contribution in [0.2, 0.25) is 0 Å². The first-order chi connectivity index (χ1) is 7.75. The van der Waals surface area contributed by atoms with E-state index in [0.29, 0.717) is 19.0 Å². The molecule has 1 aromatic rings. The molecule has 16 heavy (non-hydrogen) atoms. The predicted molar refractivity (Wildman–Crippen MR) is 63.0 cm³/mol. The summed E-state index contributed by atoms with van der Waals surface area (Å²) >= 11 is 0. The molecule has 0 bridgehead atoms. The number of halogens is 1. The van der Waals surface area contributed by atoms with Gasteiger partial charge in [-0.15, -0.1) is 0 Å². The number of hydrogen-bond donors (Lipinski definition) is 2. The maximum absolute atomic E-state index is 13.3. The molecule has 3 nitrogen and oxygen atoms in total. The molecule has 2 rings (SSSR count).